The summed E-state index contributed by atoms with van der Waals surface area (Å²) in [7, 11) is 0. The Bertz CT molecular complexity index is 634. The van der Waals surface area contributed by atoms with E-state index in [-0.39, 0.29) is 5.91 Å². The molecule has 18 heavy (non-hydrogen) atoms. The molecule has 0 aliphatic heterocycles. The molecular formula is C13H8BrN3O. The zero-order chi connectivity index (χ0) is 13.0. The molecule has 1 heterocycles. The minimum absolute atomic E-state index is 0.265. The Balaban J connectivity index is 2.19. The van der Waals surface area contributed by atoms with E-state index in [4.69, 9.17) is 5.26 Å². The minimum Gasteiger partial charge on any atom is -0.322 e. The van der Waals surface area contributed by atoms with Gasteiger partial charge in [-0.05, 0) is 40.2 Å². The van der Waals surface area contributed by atoms with Crippen molar-refractivity contribution >= 4 is 27.5 Å². The van der Waals surface area contributed by atoms with Crippen molar-refractivity contribution in [2.24, 2.45) is 0 Å². The van der Waals surface area contributed by atoms with Gasteiger partial charge in [-0.2, -0.15) is 5.26 Å². The number of carbonyl (C=O) groups is 1. The van der Waals surface area contributed by atoms with E-state index in [0.717, 1.165) is 4.47 Å². The highest BCUT2D eigenvalue weighted by Crippen LogP contribution is 2.13. The van der Waals surface area contributed by atoms with E-state index in [1.54, 1.807) is 36.5 Å². The largest absolute Gasteiger partial charge is 0.322 e. The van der Waals surface area contributed by atoms with Gasteiger partial charge in [0.15, 0.2) is 0 Å². The van der Waals surface area contributed by atoms with Crippen LogP contribution in [0, 0.1) is 11.3 Å². The quantitative estimate of drug-likeness (QED) is 0.927. The van der Waals surface area contributed by atoms with Crippen LogP contribution in [0.5, 0.6) is 0 Å². The first-order valence-electron chi connectivity index (χ1n) is 5.11. The lowest BCUT2D eigenvalue weighted by Gasteiger charge is -2.05. The Labute approximate surface area is 112 Å². The van der Waals surface area contributed by atoms with E-state index in [2.05, 4.69) is 26.2 Å². The maximum Gasteiger partial charge on any atom is 0.257 e. The van der Waals surface area contributed by atoms with Crippen molar-refractivity contribution in [2.45, 2.75) is 0 Å². The second kappa shape index (κ2) is 5.43. The number of rotatable bonds is 2. The number of nitrogens with zero attached hydrogens (tertiary/aromatic N) is 2. The number of benzene rings is 1. The van der Waals surface area contributed by atoms with Crippen molar-refractivity contribution in [3.05, 3.63) is 58.3 Å². The third kappa shape index (κ3) is 2.93. The number of carbonyl (C=O) groups excluding carboxylic acids is 1. The van der Waals surface area contributed by atoms with Crippen molar-refractivity contribution in [3.63, 3.8) is 0 Å². The molecule has 1 amide bonds. The lowest BCUT2D eigenvalue weighted by Crippen LogP contribution is -2.12. The third-order valence-corrected chi connectivity index (χ3v) is 2.65. The summed E-state index contributed by atoms with van der Waals surface area (Å²) in [6, 6.07) is 10.4. The molecule has 0 atom stereocenters. The van der Waals surface area contributed by atoms with Crippen LogP contribution in [0.25, 0.3) is 0 Å². The zero-order valence-corrected chi connectivity index (χ0v) is 10.8. The SMILES string of the molecule is N#Cc1cccc(NC(=O)c2cncc(Br)c2)c1. The number of amides is 1. The fourth-order valence-electron chi connectivity index (χ4n) is 1.41. The predicted octanol–water partition coefficient (Wildman–Crippen LogP) is 2.97. The van der Waals surface area contributed by atoms with Crippen molar-refractivity contribution in [3.8, 4) is 6.07 Å². The van der Waals surface area contributed by atoms with Gasteiger partial charge in [0.05, 0.1) is 17.2 Å². The Hall–Kier alpha value is -2.19. The second-order valence-electron chi connectivity index (χ2n) is 3.54. The van der Waals surface area contributed by atoms with E-state index in [0.29, 0.717) is 16.8 Å². The van der Waals surface area contributed by atoms with Gasteiger partial charge >= 0.3 is 0 Å². The number of nitriles is 1. The Morgan fingerprint density at radius 2 is 2.17 bits per heavy atom. The smallest absolute Gasteiger partial charge is 0.257 e. The molecule has 4 nitrogen and oxygen atoms in total. The molecule has 0 bridgehead atoms. The Morgan fingerprint density at radius 1 is 1.33 bits per heavy atom. The monoisotopic (exact) mass is 301 g/mol. The molecule has 0 aliphatic carbocycles. The lowest BCUT2D eigenvalue weighted by atomic mass is 10.2. The Morgan fingerprint density at radius 3 is 2.89 bits per heavy atom. The van der Waals surface area contributed by atoms with E-state index in [1.807, 2.05) is 6.07 Å². The molecule has 0 radical (unpaired) electrons. The molecule has 1 aromatic carbocycles. The summed E-state index contributed by atoms with van der Waals surface area (Å²) in [5.41, 5.74) is 1.53. The summed E-state index contributed by atoms with van der Waals surface area (Å²) >= 11 is 3.25. The molecule has 5 heteroatoms. The summed E-state index contributed by atoms with van der Waals surface area (Å²) in [6.45, 7) is 0. The van der Waals surface area contributed by atoms with Crippen molar-refractivity contribution in [1.82, 2.24) is 4.98 Å². The van der Waals surface area contributed by atoms with Gasteiger partial charge in [0.25, 0.3) is 5.91 Å². The fraction of sp³-hybridized carbons (Fsp3) is 0. The van der Waals surface area contributed by atoms with Crippen LogP contribution in [0.4, 0.5) is 5.69 Å². The van der Waals surface area contributed by atoms with Gasteiger partial charge in [0, 0.05) is 22.6 Å². The molecule has 0 fully saturated rings. The standard InChI is InChI=1S/C13H8BrN3O/c14-11-5-10(7-16-8-11)13(18)17-12-3-1-2-9(4-12)6-15/h1-5,7-8H,(H,17,18). The molecule has 1 N–H and O–H groups in total. The van der Waals surface area contributed by atoms with Gasteiger partial charge in [-0.25, -0.2) is 0 Å². The third-order valence-electron chi connectivity index (χ3n) is 2.22. The molecule has 0 saturated carbocycles. The number of halogens is 1. The number of aromatic nitrogens is 1. The van der Waals surface area contributed by atoms with Crippen molar-refractivity contribution < 1.29 is 4.79 Å². The number of pyridine rings is 1. The van der Waals surface area contributed by atoms with E-state index in [1.165, 1.54) is 6.20 Å². The van der Waals surface area contributed by atoms with Crippen molar-refractivity contribution in [2.75, 3.05) is 5.32 Å². The first-order valence-corrected chi connectivity index (χ1v) is 5.90. The van der Waals surface area contributed by atoms with Crippen LogP contribution in [-0.2, 0) is 0 Å². The highest BCUT2D eigenvalue weighted by atomic mass is 79.9. The van der Waals surface area contributed by atoms with E-state index >= 15 is 0 Å². The Kier molecular flexibility index (Phi) is 3.70. The number of anilines is 1. The zero-order valence-electron chi connectivity index (χ0n) is 9.22. The van der Waals surface area contributed by atoms with Crippen LogP contribution < -0.4 is 5.32 Å². The van der Waals surface area contributed by atoms with E-state index < -0.39 is 0 Å². The van der Waals surface area contributed by atoms with Crippen LogP contribution in [0.3, 0.4) is 0 Å². The average molecular weight is 302 g/mol. The highest BCUT2D eigenvalue weighted by molar-refractivity contribution is 9.10. The highest BCUT2D eigenvalue weighted by Gasteiger charge is 2.07. The molecule has 1 aromatic heterocycles. The summed E-state index contributed by atoms with van der Waals surface area (Å²) in [4.78, 5) is 15.8. The van der Waals surface area contributed by atoms with Crippen LogP contribution in [0.1, 0.15) is 15.9 Å². The summed E-state index contributed by atoms with van der Waals surface area (Å²) < 4.78 is 0.737. The van der Waals surface area contributed by atoms with Crippen molar-refractivity contribution in [1.29, 1.82) is 5.26 Å². The summed E-state index contributed by atoms with van der Waals surface area (Å²) in [6.07, 6.45) is 3.08. The molecule has 0 unspecified atom stereocenters. The normalized spacial score (nSPS) is 9.56. The van der Waals surface area contributed by atoms with Gasteiger partial charge in [0.2, 0.25) is 0 Å². The summed E-state index contributed by atoms with van der Waals surface area (Å²) in [5, 5.41) is 11.5. The summed E-state index contributed by atoms with van der Waals surface area (Å²) in [5.74, 6) is -0.265. The van der Waals surface area contributed by atoms with Gasteiger partial charge in [-0.15, -0.1) is 0 Å². The number of hydrogen-bond acceptors (Lipinski definition) is 3. The van der Waals surface area contributed by atoms with Crippen LogP contribution in [0.2, 0.25) is 0 Å². The van der Waals surface area contributed by atoms with Crippen LogP contribution in [-0.4, -0.2) is 10.9 Å². The van der Waals surface area contributed by atoms with Gasteiger partial charge < -0.3 is 5.32 Å². The number of hydrogen-bond donors (Lipinski definition) is 1. The van der Waals surface area contributed by atoms with Crippen LogP contribution >= 0.6 is 15.9 Å². The average Bonchev–Trinajstić information content (AvgIpc) is 2.39. The molecular weight excluding hydrogens is 294 g/mol. The molecule has 0 saturated heterocycles. The van der Waals surface area contributed by atoms with Crippen LogP contribution in [0.15, 0.2) is 47.2 Å². The minimum atomic E-state index is -0.265. The molecule has 2 aromatic rings. The lowest BCUT2D eigenvalue weighted by molar-refractivity contribution is 0.102. The molecule has 88 valence electrons. The molecule has 0 spiro atoms. The van der Waals surface area contributed by atoms with Gasteiger partial charge in [-0.1, -0.05) is 6.07 Å². The number of nitrogens with one attached hydrogen (secondary N) is 1. The first-order chi connectivity index (χ1) is 8.69. The first kappa shape index (κ1) is 12.3. The topological polar surface area (TPSA) is 65.8 Å². The predicted molar refractivity (Wildman–Crippen MR) is 71.0 cm³/mol. The van der Waals surface area contributed by atoms with Gasteiger partial charge in [-0.3, -0.25) is 9.78 Å². The maximum absolute atomic E-state index is 11.9. The second-order valence-corrected chi connectivity index (χ2v) is 4.45. The fourth-order valence-corrected chi connectivity index (χ4v) is 1.77. The van der Waals surface area contributed by atoms with E-state index in [9.17, 15) is 4.79 Å². The molecule has 0 aliphatic rings. The van der Waals surface area contributed by atoms with Gasteiger partial charge in [0.1, 0.15) is 0 Å². The maximum atomic E-state index is 11.9. The molecule has 2 rings (SSSR count).